The van der Waals surface area contributed by atoms with Crippen LogP contribution in [0.4, 0.5) is 36.2 Å². The van der Waals surface area contributed by atoms with Crippen molar-refractivity contribution in [2.45, 2.75) is 24.4 Å². The first-order valence-corrected chi connectivity index (χ1v) is 12.1. The Morgan fingerprint density at radius 3 is 2.56 bits per heavy atom. The van der Waals surface area contributed by atoms with Crippen molar-refractivity contribution in [2.75, 3.05) is 22.1 Å². The van der Waals surface area contributed by atoms with Crippen molar-refractivity contribution in [2.24, 2.45) is 0 Å². The van der Waals surface area contributed by atoms with Crippen molar-refractivity contribution < 1.29 is 22.8 Å². The largest absolute Gasteiger partial charge is 0.406 e. The molecule has 0 bridgehead atoms. The van der Waals surface area contributed by atoms with Crippen molar-refractivity contribution in [1.29, 1.82) is 0 Å². The Morgan fingerprint density at radius 2 is 1.77 bits per heavy atom. The van der Waals surface area contributed by atoms with Crippen LogP contribution in [-0.4, -0.2) is 39.5 Å². The summed E-state index contributed by atoms with van der Waals surface area (Å²) in [4.78, 5) is 39.1. The molecule has 1 atom stereocenters. The van der Waals surface area contributed by atoms with Crippen LogP contribution in [-0.2, 0) is 23.1 Å². The van der Waals surface area contributed by atoms with Crippen molar-refractivity contribution >= 4 is 34.8 Å². The van der Waals surface area contributed by atoms with E-state index in [1.807, 2.05) is 30.3 Å². The molecule has 6 rings (SSSR count). The molecule has 0 fully saturated rings. The number of pyridine rings is 1. The molecule has 1 aliphatic heterocycles. The lowest BCUT2D eigenvalue weighted by Gasteiger charge is -2.23. The quantitative estimate of drug-likeness (QED) is 0.384. The van der Waals surface area contributed by atoms with Crippen LogP contribution in [0.3, 0.4) is 0 Å². The van der Waals surface area contributed by atoms with Gasteiger partial charge in [-0.3, -0.25) is 14.5 Å². The summed E-state index contributed by atoms with van der Waals surface area (Å²) >= 11 is 0. The Hall–Kier alpha value is -4.80. The molecule has 2 aliphatic rings. The molecule has 1 aliphatic carbocycles. The first-order valence-electron chi connectivity index (χ1n) is 12.1. The van der Waals surface area contributed by atoms with E-state index in [1.165, 1.54) is 18.2 Å². The van der Waals surface area contributed by atoms with Crippen LogP contribution in [0, 0.1) is 0 Å². The molecule has 0 saturated carbocycles. The number of fused-ring (bicyclic) bond motifs is 3. The average molecular weight is 531 g/mol. The van der Waals surface area contributed by atoms with Crippen LogP contribution < -0.4 is 15.5 Å². The Bertz CT molecular complexity index is 1590. The zero-order chi connectivity index (χ0) is 27.2. The molecule has 39 heavy (non-hydrogen) atoms. The Balaban J connectivity index is 1.24. The Morgan fingerprint density at radius 1 is 0.974 bits per heavy atom. The van der Waals surface area contributed by atoms with E-state index in [2.05, 4.69) is 25.6 Å². The van der Waals surface area contributed by atoms with Crippen LogP contribution in [0.5, 0.6) is 0 Å². The molecule has 3 heterocycles. The number of anilines is 4. The number of nitrogens with zero attached hydrogens (tertiary/aromatic N) is 4. The molecule has 11 heteroatoms. The summed E-state index contributed by atoms with van der Waals surface area (Å²) < 4.78 is 39.9. The Kier molecular flexibility index (Phi) is 5.78. The molecule has 2 aromatic heterocycles. The monoisotopic (exact) mass is 530 g/mol. The molecule has 0 radical (unpaired) electrons. The predicted molar refractivity (Wildman–Crippen MR) is 138 cm³/mol. The van der Waals surface area contributed by atoms with Crippen LogP contribution in [0.15, 0.2) is 79.3 Å². The molecule has 1 spiro atoms. The summed E-state index contributed by atoms with van der Waals surface area (Å²) in [7, 11) is 0. The van der Waals surface area contributed by atoms with Gasteiger partial charge in [0.1, 0.15) is 30.2 Å². The normalized spacial score (nSPS) is 17.5. The van der Waals surface area contributed by atoms with Gasteiger partial charge in [-0.1, -0.05) is 30.3 Å². The third kappa shape index (κ3) is 4.56. The number of aromatic nitrogens is 3. The second kappa shape index (κ2) is 9.19. The molecular weight excluding hydrogens is 509 g/mol. The van der Waals surface area contributed by atoms with Gasteiger partial charge in [0.15, 0.2) is 0 Å². The molecule has 2 N–H and O–H groups in total. The van der Waals surface area contributed by atoms with E-state index in [-0.39, 0.29) is 23.1 Å². The molecule has 0 saturated heterocycles. The standard InChI is InChI=1S/C28H21F3N6O2/c29-28(30,31)15-37(20-5-2-1-3-6-20)25(38)22-12-23(34-16-33-22)35-19-9-8-17-13-27(14-18(17)11-19)21-7-4-10-32-24(21)36-26(27)39/h1-12,16H,13-15H2,(H,32,36,39)(H,33,34,35). The lowest BCUT2D eigenvalue weighted by molar-refractivity contribution is -0.120. The third-order valence-electron chi connectivity index (χ3n) is 6.99. The minimum absolute atomic E-state index is 0.0808. The van der Waals surface area contributed by atoms with E-state index < -0.39 is 24.0 Å². The van der Waals surface area contributed by atoms with Gasteiger partial charge in [-0.2, -0.15) is 13.2 Å². The van der Waals surface area contributed by atoms with Gasteiger partial charge in [-0.25, -0.2) is 15.0 Å². The molecule has 1 unspecified atom stereocenters. The highest BCUT2D eigenvalue weighted by atomic mass is 19.4. The van der Waals surface area contributed by atoms with Crippen LogP contribution >= 0.6 is 0 Å². The van der Waals surface area contributed by atoms with Gasteiger partial charge in [0.05, 0.1) is 5.41 Å². The summed E-state index contributed by atoms with van der Waals surface area (Å²) in [5, 5.41) is 5.99. The number of hydrogen-bond donors (Lipinski definition) is 2. The van der Waals surface area contributed by atoms with Gasteiger partial charge in [-0.15, -0.1) is 0 Å². The second-order valence-corrected chi connectivity index (χ2v) is 9.53. The minimum atomic E-state index is -4.60. The topological polar surface area (TPSA) is 100 Å². The van der Waals surface area contributed by atoms with Gasteiger partial charge in [0, 0.05) is 29.2 Å². The fourth-order valence-corrected chi connectivity index (χ4v) is 5.24. The number of rotatable bonds is 5. The number of halogens is 3. The van der Waals surface area contributed by atoms with E-state index in [1.54, 1.807) is 24.4 Å². The number of para-hydroxylation sites is 1. The zero-order valence-corrected chi connectivity index (χ0v) is 20.4. The van der Waals surface area contributed by atoms with Gasteiger partial charge < -0.3 is 10.6 Å². The summed E-state index contributed by atoms with van der Waals surface area (Å²) in [5.74, 6) is -0.154. The fourth-order valence-electron chi connectivity index (χ4n) is 5.24. The van der Waals surface area contributed by atoms with Crippen molar-refractivity contribution in [3.05, 3.63) is 102 Å². The number of benzene rings is 2. The summed E-state index contributed by atoms with van der Waals surface area (Å²) in [5.41, 5.74) is 2.76. The lowest BCUT2D eigenvalue weighted by Crippen LogP contribution is -2.39. The summed E-state index contributed by atoms with van der Waals surface area (Å²) in [6.45, 7) is -1.46. The van der Waals surface area contributed by atoms with Crippen LogP contribution in [0.1, 0.15) is 27.2 Å². The predicted octanol–water partition coefficient (Wildman–Crippen LogP) is 4.81. The average Bonchev–Trinajstić information content (AvgIpc) is 3.44. The first kappa shape index (κ1) is 24.5. The third-order valence-corrected chi connectivity index (χ3v) is 6.99. The van der Waals surface area contributed by atoms with E-state index in [0.717, 1.165) is 23.0 Å². The number of carbonyl (C=O) groups excluding carboxylic acids is 2. The zero-order valence-electron chi connectivity index (χ0n) is 20.4. The number of carbonyl (C=O) groups is 2. The van der Waals surface area contributed by atoms with Gasteiger partial charge in [0.25, 0.3) is 5.91 Å². The van der Waals surface area contributed by atoms with Gasteiger partial charge in [-0.05, 0) is 54.3 Å². The number of hydrogen-bond acceptors (Lipinski definition) is 6. The van der Waals surface area contributed by atoms with Crippen LogP contribution in [0.2, 0.25) is 0 Å². The van der Waals surface area contributed by atoms with Gasteiger partial charge >= 0.3 is 6.18 Å². The van der Waals surface area contributed by atoms with Crippen molar-refractivity contribution in [3.63, 3.8) is 0 Å². The fraction of sp³-hybridized carbons (Fsp3) is 0.179. The lowest BCUT2D eigenvalue weighted by atomic mass is 9.79. The van der Waals surface area contributed by atoms with E-state index in [4.69, 9.17) is 0 Å². The highest BCUT2D eigenvalue weighted by Crippen LogP contribution is 2.47. The summed E-state index contributed by atoms with van der Waals surface area (Å²) in [6, 6.07) is 18.4. The number of alkyl halides is 3. The molecule has 2 amide bonds. The van der Waals surface area contributed by atoms with Gasteiger partial charge in [0.2, 0.25) is 5.91 Å². The minimum Gasteiger partial charge on any atom is -0.340 e. The molecule has 196 valence electrons. The summed E-state index contributed by atoms with van der Waals surface area (Å²) in [6.07, 6.45) is -0.784. The molecule has 4 aromatic rings. The number of nitrogens with one attached hydrogen (secondary N) is 2. The van der Waals surface area contributed by atoms with Crippen molar-refractivity contribution in [1.82, 2.24) is 15.0 Å². The SMILES string of the molecule is O=C(c1cc(Nc2ccc3c(c2)CC2(C3)C(=O)Nc3ncccc32)ncn1)N(CC(F)(F)F)c1ccccc1. The highest BCUT2D eigenvalue weighted by Gasteiger charge is 2.51. The highest BCUT2D eigenvalue weighted by molar-refractivity contribution is 6.06. The Labute approximate surface area is 220 Å². The van der Waals surface area contributed by atoms with E-state index >= 15 is 0 Å². The molecule has 8 nitrogen and oxygen atoms in total. The van der Waals surface area contributed by atoms with Crippen molar-refractivity contribution in [3.8, 4) is 0 Å². The first-order chi connectivity index (χ1) is 18.7. The smallest absolute Gasteiger partial charge is 0.340 e. The molecule has 2 aromatic carbocycles. The number of amides is 2. The maximum absolute atomic E-state index is 13.3. The molecular formula is C28H21F3N6O2. The van der Waals surface area contributed by atoms with Crippen LogP contribution in [0.25, 0.3) is 0 Å². The maximum Gasteiger partial charge on any atom is 0.406 e. The van der Waals surface area contributed by atoms with E-state index in [9.17, 15) is 22.8 Å². The second-order valence-electron chi connectivity index (χ2n) is 9.53. The maximum atomic E-state index is 13.3. The van der Waals surface area contributed by atoms with E-state index in [0.29, 0.717) is 29.2 Å².